The highest BCUT2D eigenvalue weighted by Gasteiger charge is 2.10. The molecule has 0 aromatic carbocycles. The van der Waals surface area contributed by atoms with Crippen LogP contribution >= 0.6 is 11.3 Å². The lowest BCUT2D eigenvalue weighted by Crippen LogP contribution is -2.18. The fourth-order valence-electron chi connectivity index (χ4n) is 1.51. The topological polar surface area (TPSA) is 37.8 Å². The zero-order valence-corrected chi connectivity index (χ0v) is 9.37. The Morgan fingerprint density at radius 1 is 1.40 bits per heavy atom. The molecule has 2 rings (SSSR count). The summed E-state index contributed by atoms with van der Waals surface area (Å²) in [6.07, 6.45) is 6.59. The van der Waals surface area contributed by atoms with Gasteiger partial charge in [-0.3, -0.25) is 9.97 Å². The largest absolute Gasteiger partial charge is 0.313 e. The number of likely N-dealkylation sites (N-methyl/N-ethyl adjacent to an activating group) is 1. The molecule has 0 fully saturated rings. The molecule has 78 valence electrons. The van der Waals surface area contributed by atoms with Crippen LogP contribution in [0.4, 0.5) is 0 Å². The standard InChI is InChI=1S/C11H13N3S/c1-12-11(5-10-7-14-8-15-10)9-3-2-4-13-6-9/h2-4,6-8,11-12H,5H2,1H3. The maximum Gasteiger partial charge on any atom is 0.0794 e. The van der Waals surface area contributed by atoms with Gasteiger partial charge in [0.05, 0.1) is 5.51 Å². The molecule has 2 heterocycles. The first-order valence-corrected chi connectivity index (χ1v) is 5.72. The molecule has 1 unspecified atom stereocenters. The number of nitrogens with zero attached hydrogens (tertiary/aromatic N) is 2. The number of rotatable bonds is 4. The second kappa shape index (κ2) is 5.00. The molecule has 15 heavy (non-hydrogen) atoms. The molecule has 0 bridgehead atoms. The average molecular weight is 219 g/mol. The monoisotopic (exact) mass is 219 g/mol. The molecule has 4 heteroatoms. The van der Waals surface area contributed by atoms with Crippen LogP contribution < -0.4 is 5.32 Å². The maximum atomic E-state index is 4.13. The Morgan fingerprint density at radius 3 is 2.93 bits per heavy atom. The number of hydrogen-bond acceptors (Lipinski definition) is 4. The van der Waals surface area contributed by atoms with Crippen molar-refractivity contribution in [3.63, 3.8) is 0 Å². The van der Waals surface area contributed by atoms with Gasteiger partial charge in [0.2, 0.25) is 0 Å². The van der Waals surface area contributed by atoms with E-state index in [0.29, 0.717) is 6.04 Å². The van der Waals surface area contributed by atoms with Crippen molar-refractivity contribution in [2.75, 3.05) is 7.05 Å². The minimum atomic E-state index is 0.319. The number of nitrogens with one attached hydrogen (secondary N) is 1. The summed E-state index contributed by atoms with van der Waals surface area (Å²) in [6.45, 7) is 0. The molecule has 0 radical (unpaired) electrons. The summed E-state index contributed by atoms with van der Waals surface area (Å²) in [7, 11) is 1.97. The van der Waals surface area contributed by atoms with Crippen molar-refractivity contribution in [2.45, 2.75) is 12.5 Å². The molecular weight excluding hydrogens is 206 g/mol. The van der Waals surface area contributed by atoms with Gasteiger partial charge in [-0.05, 0) is 18.7 Å². The van der Waals surface area contributed by atoms with E-state index in [0.717, 1.165) is 6.42 Å². The van der Waals surface area contributed by atoms with Crippen molar-refractivity contribution >= 4 is 11.3 Å². The van der Waals surface area contributed by atoms with Gasteiger partial charge in [0, 0.05) is 35.9 Å². The van der Waals surface area contributed by atoms with Crippen molar-refractivity contribution in [1.29, 1.82) is 0 Å². The molecule has 0 aliphatic rings. The smallest absolute Gasteiger partial charge is 0.0794 e. The van der Waals surface area contributed by atoms with E-state index >= 15 is 0 Å². The number of pyridine rings is 1. The Labute approximate surface area is 93.2 Å². The van der Waals surface area contributed by atoms with Crippen molar-refractivity contribution in [2.24, 2.45) is 0 Å². The van der Waals surface area contributed by atoms with E-state index < -0.39 is 0 Å². The van der Waals surface area contributed by atoms with Crippen molar-refractivity contribution in [1.82, 2.24) is 15.3 Å². The second-order valence-electron chi connectivity index (χ2n) is 3.30. The summed E-state index contributed by atoms with van der Waals surface area (Å²) < 4.78 is 0. The van der Waals surface area contributed by atoms with E-state index in [9.17, 15) is 0 Å². The van der Waals surface area contributed by atoms with Crippen LogP contribution in [0, 0.1) is 0 Å². The van der Waals surface area contributed by atoms with Crippen LogP contribution in [0.3, 0.4) is 0 Å². The summed E-state index contributed by atoms with van der Waals surface area (Å²) >= 11 is 1.69. The Balaban J connectivity index is 2.12. The molecule has 2 aromatic rings. The van der Waals surface area contributed by atoms with Crippen molar-refractivity contribution < 1.29 is 0 Å². The van der Waals surface area contributed by atoms with E-state index in [4.69, 9.17) is 0 Å². The van der Waals surface area contributed by atoms with Gasteiger partial charge in [0.25, 0.3) is 0 Å². The van der Waals surface area contributed by atoms with Crippen LogP contribution in [-0.4, -0.2) is 17.0 Å². The maximum absolute atomic E-state index is 4.13. The predicted molar refractivity (Wildman–Crippen MR) is 61.9 cm³/mol. The van der Waals surface area contributed by atoms with Crippen LogP contribution in [0.15, 0.2) is 36.2 Å². The highest BCUT2D eigenvalue weighted by atomic mass is 32.1. The minimum Gasteiger partial charge on any atom is -0.313 e. The molecule has 0 saturated carbocycles. The van der Waals surface area contributed by atoms with Gasteiger partial charge in [-0.15, -0.1) is 11.3 Å². The van der Waals surface area contributed by atoms with Crippen LogP contribution in [0.5, 0.6) is 0 Å². The fourth-order valence-corrected chi connectivity index (χ4v) is 2.15. The molecule has 2 aromatic heterocycles. The predicted octanol–water partition coefficient (Wildman–Crippen LogP) is 2.04. The van der Waals surface area contributed by atoms with E-state index in [1.54, 1.807) is 17.5 Å². The highest BCUT2D eigenvalue weighted by Crippen LogP contribution is 2.18. The SMILES string of the molecule is CNC(Cc1cncs1)c1cccnc1. The van der Waals surface area contributed by atoms with Crippen LogP contribution in [-0.2, 0) is 6.42 Å². The van der Waals surface area contributed by atoms with E-state index in [1.165, 1.54) is 10.4 Å². The van der Waals surface area contributed by atoms with E-state index in [-0.39, 0.29) is 0 Å². The van der Waals surface area contributed by atoms with Gasteiger partial charge in [0.15, 0.2) is 0 Å². The normalized spacial score (nSPS) is 12.6. The lowest BCUT2D eigenvalue weighted by Gasteiger charge is -2.14. The first-order valence-electron chi connectivity index (χ1n) is 4.84. The first-order chi connectivity index (χ1) is 7.40. The van der Waals surface area contributed by atoms with E-state index in [2.05, 4.69) is 21.4 Å². The molecule has 1 N–H and O–H groups in total. The summed E-state index contributed by atoms with van der Waals surface area (Å²) in [5, 5.41) is 3.30. The Kier molecular flexibility index (Phi) is 3.42. The lowest BCUT2D eigenvalue weighted by atomic mass is 10.1. The van der Waals surface area contributed by atoms with Gasteiger partial charge in [-0.25, -0.2) is 0 Å². The molecule has 0 saturated heterocycles. The number of aromatic nitrogens is 2. The van der Waals surface area contributed by atoms with Gasteiger partial charge in [-0.2, -0.15) is 0 Å². The van der Waals surface area contributed by atoms with Crippen LogP contribution in [0.25, 0.3) is 0 Å². The Morgan fingerprint density at radius 2 is 2.33 bits per heavy atom. The summed E-state index contributed by atoms with van der Waals surface area (Å²) in [4.78, 5) is 9.50. The van der Waals surface area contributed by atoms with Gasteiger partial charge < -0.3 is 5.32 Å². The molecule has 0 aliphatic heterocycles. The molecule has 0 amide bonds. The van der Waals surface area contributed by atoms with Gasteiger partial charge in [-0.1, -0.05) is 6.07 Å². The Hall–Kier alpha value is -1.26. The molecule has 0 spiro atoms. The molecular formula is C11H13N3S. The molecule has 0 aliphatic carbocycles. The average Bonchev–Trinajstić information content (AvgIpc) is 2.80. The van der Waals surface area contributed by atoms with Crippen LogP contribution in [0.1, 0.15) is 16.5 Å². The Bertz CT molecular complexity index is 385. The van der Waals surface area contributed by atoms with Gasteiger partial charge >= 0.3 is 0 Å². The lowest BCUT2D eigenvalue weighted by molar-refractivity contribution is 0.594. The third kappa shape index (κ3) is 2.61. The van der Waals surface area contributed by atoms with E-state index in [1.807, 2.05) is 31.0 Å². The zero-order chi connectivity index (χ0) is 10.5. The van der Waals surface area contributed by atoms with Crippen molar-refractivity contribution in [3.8, 4) is 0 Å². The molecule has 3 nitrogen and oxygen atoms in total. The van der Waals surface area contributed by atoms with Gasteiger partial charge in [0.1, 0.15) is 0 Å². The summed E-state index contributed by atoms with van der Waals surface area (Å²) in [5.74, 6) is 0. The highest BCUT2D eigenvalue weighted by molar-refractivity contribution is 7.09. The minimum absolute atomic E-state index is 0.319. The number of hydrogen-bond donors (Lipinski definition) is 1. The summed E-state index contributed by atoms with van der Waals surface area (Å²) in [5.41, 5.74) is 3.08. The third-order valence-electron chi connectivity index (χ3n) is 2.32. The second-order valence-corrected chi connectivity index (χ2v) is 4.27. The fraction of sp³-hybridized carbons (Fsp3) is 0.273. The summed E-state index contributed by atoms with van der Waals surface area (Å²) in [6, 6.07) is 4.38. The molecule has 1 atom stereocenters. The first kappa shape index (κ1) is 10.3. The quantitative estimate of drug-likeness (QED) is 0.855. The number of thiazole rings is 1. The van der Waals surface area contributed by atoms with Crippen molar-refractivity contribution in [3.05, 3.63) is 46.7 Å². The van der Waals surface area contributed by atoms with Crippen LogP contribution in [0.2, 0.25) is 0 Å². The zero-order valence-electron chi connectivity index (χ0n) is 8.55. The third-order valence-corrected chi connectivity index (χ3v) is 3.13.